The first-order valence-electron chi connectivity index (χ1n) is 12.2. The molecule has 0 aromatic rings. The molecule has 0 amide bonds. The van der Waals surface area contributed by atoms with Crippen LogP contribution in [0.5, 0.6) is 0 Å². The van der Waals surface area contributed by atoms with Crippen molar-refractivity contribution in [1.29, 1.82) is 0 Å². The summed E-state index contributed by atoms with van der Waals surface area (Å²) in [6.07, 6.45) is 31.4. The molecule has 0 bridgehead atoms. The molecule has 1 heterocycles. The summed E-state index contributed by atoms with van der Waals surface area (Å²) < 4.78 is 0. The summed E-state index contributed by atoms with van der Waals surface area (Å²) in [5, 5.41) is 5.04. The van der Waals surface area contributed by atoms with Crippen molar-refractivity contribution < 1.29 is 0 Å². The fraction of sp³-hybridized carbons (Fsp3) is 0.840. The highest BCUT2D eigenvalue weighted by Gasteiger charge is 2.11. The number of nitrogens with zero attached hydrogens (tertiary/aromatic N) is 2. The highest BCUT2D eigenvalue weighted by molar-refractivity contribution is 5.07. The second-order valence-corrected chi connectivity index (χ2v) is 8.30. The first-order chi connectivity index (χ1) is 13.4. The molecule has 0 atom stereocenters. The fourth-order valence-corrected chi connectivity index (χ4v) is 3.89. The molecule has 1 aliphatic rings. The molecule has 0 unspecified atom stereocenters. The first kappa shape index (κ1) is 24.3. The van der Waals surface area contributed by atoms with Gasteiger partial charge in [0.1, 0.15) is 0 Å². The normalized spacial score (nSPS) is 13.8. The van der Waals surface area contributed by atoms with Crippen LogP contribution in [0.4, 0.5) is 0 Å². The molecule has 0 saturated carbocycles. The van der Waals surface area contributed by atoms with Crippen LogP contribution in [0, 0.1) is 0 Å². The largest absolute Gasteiger partial charge is 0.309 e. The van der Waals surface area contributed by atoms with E-state index in [0.29, 0.717) is 0 Å². The maximum atomic E-state index is 2.61. The zero-order valence-corrected chi connectivity index (χ0v) is 18.6. The molecule has 0 fully saturated rings. The van der Waals surface area contributed by atoms with Crippen LogP contribution in [0.1, 0.15) is 117 Å². The van der Waals surface area contributed by atoms with E-state index in [2.05, 4.69) is 48.3 Å². The first-order valence-corrected chi connectivity index (χ1v) is 12.2. The van der Waals surface area contributed by atoms with Crippen LogP contribution in [0.2, 0.25) is 0 Å². The molecule has 158 valence electrons. The predicted octanol–water partition coefficient (Wildman–Crippen LogP) is 7.87. The molecule has 0 aromatic heterocycles. The van der Waals surface area contributed by atoms with Crippen LogP contribution in [0.25, 0.3) is 0 Å². The summed E-state index contributed by atoms with van der Waals surface area (Å²) in [5.41, 5.74) is 0. The summed E-state index contributed by atoms with van der Waals surface area (Å²) >= 11 is 0. The van der Waals surface area contributed by atoms with Crippen molar-refractivity contribution in [1.82, 2.24) is 10.0 Å². The van der Waals surface area contributed by atoms with Crippen LogP contribution in [0.15, 0.2) is 24.4 Å². The Morgan fingerprint density at radius 1 is 0.593 bits per heavy atom. The SMILES string of the molecule is CCCCCCCCCCN(CCCCCCCCCC)N1C=CC=CC1. The van der Waals surface area contributed by atoms with Gasteiger partial charge in [-0.1, -0.05) is 116 Å². The monoisotopic (exact) mass is 376 g/mol. The highest BCUT2D eigenvalue weighted by atomic mass is 15.6. The average Bonchev–Trinajstić information content (AvgIpc) is 2.71. The van der Waals surface area contributed by atoms with E-state index in [-0.39, 0.29) is 0 Å². The predicted molar refractivity (Wildman–Crippen MR) is 122 cm³/mol. The summed E-state index contributed by atoms with van der Waals surface area (Å²) in [4.78, 5) is 0. The van der Waals surface area contributed by atoms with Crippen molar-refractivity contribution >= 4 is 0 Å². The van der Waals surface area contributed by atoms with E-state index in [1.54, 1.807) is 0 Å². The lowest BCUT2D eigenvalue weighted by atomic mass is 10.1. The van der Waals surface area contributed by atoms with Gasteiger partial charge in [-0.3, -0.25) is 0 Å². The standard InChI is InChI=1S/C25H48N2/c1-3-5-7-9-11-13-15-18-22-26(27-24-20-17-21-25-27)23-19-16-14-12-10-8-6-4-2/h17,20-21,24H,3-16,18-19,22-23,25H2,1-2H3. The van der Waals surface area contributed by atoms with Gasteiger partial charge in [0.05, 0.1) is 6.54 Å². The van der Waals surface area contributed by atoms with Gasteiger partial charge >= 0.3 is 0 Å². The minimum absolute atomic E-state index is 1.05. The lowest BCUT2D eigenvalue weighted by Crippen LogP contribution is -2.41. The van der Waals surface area contributed by atoms with E-state index in [1.165, 1.54) is 116 Å². The van der Waals surface area contributed by atoms with Crippen LogP contribution in [-0.4, -0.2) is 29.7 Å². The van der Waals surface area contributed by atoms with Gasteiger partial charge in [0.25, 0.3) is 0 Å². The van der Waals surface area contributed by atoms with E-state index >= 15 is 0 Å². The molecule has 0 aromatic carbocycles. The van der Waals surface area contributed by atoms with E-state index < -0.39 is 0 Å². The van der Waals surface area contributed by atoms with Crippen molar-refractivity contribution in [2.75, 3.05) is 19.6 Å². The summed E-state index contributed by atoms with van der Waals surface area (Å²) in [6, 6.07) is 0. The second kappa shape index (κ2) is 18.6. The molecule has 2 nitrogen and oxygen atoms in total. The lowest BCUT2D eigenvalue weighted by Gasteiger charge is -2.34. The average molecular weight is 377 g/mol. The van der Waals surface area contributed by atoms with Crippen LogP contribution < -0.4 is 0 Å². The minimum atomic E-state index is 1.05. The van der Waals surface area contributed by atoms with Gasteiger partial charge in [-0.2, -0.15) is 0 Å². The van der Waals surface area contributed by atoms with Gasteiger partial charge in [-0.15, -0.1) is 0 Å². The van der Waals surface area contributed by atoms with Gasteiger partial charge in [-0.05, 0) is 18.9 Å². The lowest BCUT2D eigenvalue weighted by molar-refractivity contribution is 0.0273. The number of hydrazine groups is 1. The van der Waals surface area contributed by atoms with E-state index in [4.69, 9.17) is 0 Å². The topological polar surface area (TPSA) is 6.48 Å². The fourth-order valence-electron chi connectivity index (χ4n) is 3.89. The molecule has 2 heteroatoms. The third kappa shape index (κ3) is 14.0. The zero-order chi connectivity index (χ0) is 19.4. The van der Waals surface area contributed by atoms with Crippen molar-refractivity contribution in [2.24, 2.45) is 0 Å². The Balaban J connectivity index is 2.12. The zero-order valence-electron chi connectivity index (χ0n) is 18.6. The Bertz CT molecular complexity index is 341. The molecular weight excluding hydrogens is 328 g/mol. The summed E-state index contributed by atoms with van der Waals surface area (Å²) in [5.74, 6) is 0. The van der Waals surface area contributed by atoms with Crippen molar-refractivity contribution in [3.05, 3.63) is 24.4 Å². The molecule has 0 spiro atoms. The number of hydrogen-bond donors (Lipinski definition) is 0. The van der Waals surface area contributed by atoms with Crippen molar-refractivity contribution in [2.45, 2.75) is 117 Å². The molecule has 1 rings (SSSR count). The van der Waals surface area contributed by atoms with Crippen LogP contribution in [-0.2, 0) is 0 Å². The van der Waals surface area contributed by atoms with Gasteiger partial charge in [0.2, 0.25) is 0 Å². The summed E-state index contributed by atoms with van der Waals surface area (Å²) in [6.45, 7) is 8.09. The Kier molecular flexibility index (Phi) is 16.7. The number of rotatable bonds is 19. The number of unbranched alkanes of at least 4 members (excludes halogenated alkanes) is 14. The third-order valence-corrected chi connectivity index (χ3v) is 5.70. The minimum Gasteiger partial charge on any atom is -0.309 e. The smallest absolute Gasteiger partial charge is 0.0524 e. The summed E-state index contributed by atoms with van der Waals surface area (Å²) in [7, 11) is 0. The Morgan fingerprint density at radius 2 is 1.04 bits per heavy atom. The van der Waals surface area contributed by atoms with Crippen LogP contribution in [0.3, 0.4) is 0 Å². The van der Waals surface area contributed by atoms with E-state index in [0.717, 1.165) is 6.54 Å². The molecular formula is C25H48N2. The molecule has 0 N–H and O–H groups in total. The van der Waals surface area contributed by atoms with Gasteiger partial charge in [0, 0.05) is 19.3 Å². The second-order valence-electron chi connectivity index (χ2n) is 8.30. The Morgan fingerprint density at radius 3 is 1.44 bits per heavy atom. The number of hydrogen-bond acceptors (Lipinski definition) is 2. The van der Waals surface area contributed by atoms with Crippen LogP contribution >= 0.6 is 0 Å². The maximum Gasteiger partial charge on any atom is 0.0524 e. The molecule has 27 heavy (non-hydrogen) atoms. The molecule has 0 radical (unpaired) electrons. The van der Waals surface area contributed by atoms with Crippen molar-refractivity contribution in [3.8, 4) is 0 Å². The third-order valence-electron chi connectivity index (χ3n) is 5.70. The highest BCUT2D eigenvalue weighted by Crippen LogP contribution is 2.13. The molecule has 1 aliphatic heterocycles. The van der Waals surface area contributed by atoms with Gasteiger partial charge in [-0.25, -0.2) is 5.01 Å². The van der Waals surface area contributed by atoms with Gasteiger partial charge in [0.15, 0.2) is 0 Å². The van der Waals surface area contributed by atoms with E-state index in [9.17, 15) is 0 Å². The van der Waals surface area contributed by atoms with Gasteiger partial charge < -0.3 is 5.01 Å². The number of allylic oxidation sites excluding steroid dienone is 2. The van der Waals surface area contributed by atoms with Crippen molar-refractivity contribution in [3.63, 3.8) is 0 Å². The Hall–Kier alpha value is -0.760. The quantitative estimate of drug-likeness (QED) is 0.212. The Labute approximate surface area is 171 Å². The maximum absolute atomic E-state index is 2.61. The van der Waals surface area contributed by atoms with E-state index in [1.807, 2.05) is 0 Å². The molecule has 0 saturated heterocycles. The molecule has 0 aliphatic carbocycles.